The van der Waals surface area contributed by atoms with Crippen molar-refractivity contribution >= 4 is 33.8 Å². The SMILES string of the molecule is COc1cccc2c1C(=C=C1c3c(OC)cccc3[S+](c3ccccc3)c3cccc(OC)c31)c1c(OC)cccc1S2. The van der Waals surface area contributed by atoms with E-state index in [4.69, 9.17) is 18.9 Å². The minimum absolute atomic E-state index is 0.395. The van der Waals surface area contributed by atoms with E-state index in [1.807, 2.05) is 36.4 Å². The van der Waals surface area contributed by atoms with Crippen LogP contribution in [0.1, 0.15) is 22.3 Å². The summed E-state index contributed by atoms with van der Waals surface area (Å²) in [6, 6.07) is 35.6. The van der Waals surface area contributed by atoms with Crippen LogP contribution < -0.4 is 18.9 Å². The van der Waals surface area contributed by atoms with E-state index in [2.05, 4.69) is 72.5 Å². The fourth-order valence-electron chi connectivity index (χ4n) is 5.89. The van der Waals surface area contributed by atoms with Crippen LogP contribution in [-0.4, -0.2) is 28.4 Å². The number of hydrogen-bond acceptors (Lipinski definition) is 5. The van der Waals surface area contributed by atoms with Crippen LogP contribution in [0, 0.1) is 0 Å². The van der Waals surface area contributed by atoms with Crippen LogP contribution in [0.2, 0.25) is 0 Å². The van der Waals surface area contributed by atoms with Crippen molar-refractivity contribution in [2.75, 3.05) is 28.4 Å². The number of methoxy groups -OCH3 is 4. The Morgan fingerprint density at radius 3 is 1.35 bits per heavy atom. The van der Waals surface area contributed by atoms with E-state index in [-0.39, 0.29) is 0 Å². The molecule has 2 heterocycles. The van der Waals surface area contributed by atoms with E-state index >= 15 is 0 Å². The maximum absolute atomic E-state index is 6.07. The first-order valence-corrected chi connectivity index (χ1v) is 15.9. The van der Waals surface area contributed by atoms with E-state index in [9.17, 15) is 0 Å². The van der Waals surface area contributed by atoms with Gasteiger partial charge in [0, 0.05) is 32.1 Å². The summed E-state index contributed by atoms with van der Waals surface area (Å²) in [4.78, 5) is 5.79. The predicted octanol–water partition coefficient (Wildman–Crippen LogP) is 8.76. The number of hydrogen-bond donors (Lipinski definition) is 0. The molecule has 0 amide bonds. The van der Waals surface area contributed by atoms with Crippen LogP contribution in [0.4, 0.5) is 0 Å². The highest BCUT2D eigenvalue weighted by molar-refractivity contribution is 7.99. The molecule has 5 aromatic rings. The second kappa shape index (κ2) is 11.3. The molecule has 0 unspecified atom stereocenters. The first kappa shape index (κ1) is 27.4. The van der Waals surface area contributed by atoms with Crippen LogP contribution in [-0.2, 0) is 10.9 Å². The predicted molar refractivity (Wildman–Crippen MR) is 173 cm³/mol. The van der Waals surface area contributed by atoms with Gasteiger partial charge in [0.25, 0.3) is 0 Å². The fraction of sp³-hybridized carbons (Fsp3) is 0.108. The summed E-state index contributed by atoms with van der Waals surface area (Å²) in [5, 5.41) is 0. The van der Waals surface area contributed by atoms with E-state index in [0.717, 1.165) is 66.2 Å². The van der Waals surface area contributed by atoms with E-state index in [1.54, 1.807) is 40.2 Å². The van der Waals surface area contributed by atoms with E-state index in [0.29, 0.717) is 0 Å². The Hall–Kier alpha value is -4.48. The molecule has 6 heteroatoms. The minimum Gasteiger partial charge on any atom is -0.496 e. The van der Waals surface area contributed by atoms with Crippen molar-refractivity contribution in [1.29, 1.82) is 0 Å². The zero-order valence-electron chi connectivity index (χ0n) is 24.3. The van der Waals surface area contributed by atoms with Gasteiger partial charge in [-0.2, -0.15) is 0 Å². The molecule has 212 valence electrons. The summed E-state index contributed by atoms with van der Waals surface area (Å²) < 4.78 is 24.1. The largest absolute Gasteiger partial charge is 0.496 e. The number of benzene rings is 5. The first-order valence-electron chi connectivity index (χ1n) is 13.9. The third kappa shape index (κ3) is 4.42. The van der Waals surface area contributed by atoms with Crippen molar-refractivity contribution in [3.63, 3.8) is 0 Å². The summed E-state index contributed by atoms with van der Waals surface area (Å²) in [6.45, 7) is 0. The van der Waals surface area contributed by atoms with Gasteiger partial charge in [0.1, 0.15) is 33.9 Å². The highest BCUT2D eigenvalue weighted by Crippen LogP contribution is 2.54. The van der Waals surface area contributed by atoms with Crippen molar-refractivity contribution in [2.24, 2.45) is 0 Å². The molecule has 7 rings (SSSR count). The summed E-state index contributed by atoms with van der Waals surface area (Å²) >= 11 is 1.71. The molecule has 0 aliphatic carbocycles. The van der Waals surface area contributed by atoms with Crippen LogP contribution >= 0.6 is 11.8 Å². The molecule has 0 radical (unpaired) electrons. The molecule has 2 aliphatic rings. The Bertz CT molecular complexity index is 1830. The van der Waals surface area contributed by atoms with Gasteiger partial charge in [-0.05, 0) is 60.7 Å². The number of rotatable bonds is 5. The standard InChI is InChI=1S/C37H29O4S2/c1-38-26-14-8-18-30-34(26)24(35-27(39-2)15-9-19-31(35)42-30)22-25-36-28(40-3)16-10-20-32(36)43(23-12-6-5-7-13-23)33-21-11-17-29(41-4)37(25)33/h5-21H,1-4H3/q+1. The van der Waals surface area contributed by atoms with Crippen LogP contribution in [0.3, 0.4) is 0 Å². The minimum atomic E-state index is -0.395. The van der Waals surface area contributed by atoms with Gasteiger partial charge in [0.05, 0.1) is 39.6 Å². The average molecular weight is 602 g/mol. The van der Waals surface area contributed by atoms with E-state index in [1.165, 1.54) is 14.7 Å². The summed E-state index contributed by atoms with van der Waals surface area (Å²) in [5.41, 5.74) is 9.76. The zero-order valence-corrected chi connectivity index (χ0v) is 25.9. The zero-order chi connectivity index (χ0) is 29.5. The fourth-order valence-corrected chi connectivity index (χ4v) is 9.45. The normalized spacial score (nSPS) is 14.5. The van der Waals surface area contributed by atoms with Crippen LogP contribution in [0.5, 0.6) is 23.0 Å². The maximum Gasteiger partial charge on any atom is 0.178 e. The van der Waals surface area contributed by atoms with Gasteiger partial charge in [-0.1, -0.05) is 54.2 Å². The Labute approximate surface area is 258 Å². The molecule has 0 bridgehead atoms. The average Bonchev–Trinajstić information content (AvgIpc) is 3.06. The molecule has 0 saturated heterocycles. The highest BCUT2D eigenvalue weighted by atomic mass is 32.2. The monoisotopic (exact) mass is 601 g/mol. The van der Waals surface area contributed by atoms with Gasteiger partial charge in [-0.25, -0.2) is 0 Å². The smallest absolute Gasteiger partial charge is 0.178 e. The summed E-state index contributed by atoms with van der Waals surface area (Å²) in [7, 11) is 6.49. The maximum atomic E-state index is 6.07. The highest BCUT2D eigenvalue weighted by Gasteiger charge is 2.43. The molecular formula is C37H29O4S2+. The molecule has 4 nitrogen and oxygen atoms in total. The molecule has 43 heavy (non-hydrogen) atoms. The van der Waals surface area contributed by atoms with Crippen molar-refractivity contribution in [1.82, 2.24) is 0 Å². The first-order chi connectivity index (χ1) is 21.2. The van der Waals surface area contributed by atoms with Gasteiger partial charge in [-0.3, -0.25) is 0 Å². The van der Waals surface area contributed by atoms with Gasteiger partial charge in [0.15, 0.2) is 14.7 Å². The van der Waals surface area contributed by atoms with Gasteiger partial charge < -0.3 is 18.9 Å². The third-order valence-electron chi connectivity index (χ3n) is 7.72. The molecule has 0 spiro atoms. The molecule has 2 aliphatic heterocycles. The summed E-state index contributed by atoms with van der Waals surface area (Å²) in [5.74, 6) is 3.14. The quantitative estimate of drug-likeness (QED) is 0.146. The molecule has 5 aromatic carbocycles. The van der Waals surface area contributed by atoms with Gasteiger partial charge in [0.2, 0.25) is 0 Å². The van der Waals surface area contributed by atoms with Crippen LogP contribution in [0.25, 0.3) is 11.1 Å². The van der Waals surface area contributed by atoms with Crippen LogP contribution in [0.15, 0.2) is 133 Å². The summed E-state index contributed by atoms with van der Waals surface area (Å²) in [6.07, 6.45) is 0. The Morgan fingerprint density at radius 1 is 0.465 bits per heavy atom. The number of fused-ring (bicyclic) bond motifs is 4. The lowest BCUT2D eigenvalue weighted by Gasteiger charge is -2.26. The van der Waals surface area contributed by atoms with Crippen molar-refractivity contribution in [3.8, 4) is 23.0 Å². The lowest BCUT2D eigenvalue weighted by atomic mass is 9.91. The second-order valence-electron chi connectivity index (χ2n) is 9.93. The lowest BCUT2D eigenvalue weighted by molar-refractivity contribution is 0.409. The Kier molecular flexibility index (Phi) is 7.20. The van der Waals surface area contributed by atoms with Crippen molar-refractivity contribution < 1.29 is 18.9 Å². The molecule has 0 atom stereocenters. The van der Waals surface area contributed by atoms with Gasteiger partial charge >= 0.3 is 0 Å². The van der Waals surface area contributed by atoms with Gasteiger partial charge in [-0.15, -0.1) is 5.73 Å². The second-order valence-corrected chi connectivity index (χ2v) is 13.0. The van der Waals surface area contributed by atoms with Crippen molar-refractivity contribution in [3.05, 3.63) is 131 Å². The Balaban J connectivity index is 1.69. The lowest BCUT2D eigenvalue weighted by Crippen LogP contribution is -2.17. The molecule has 0 fully saturated rings. The topological polar surface area (TPSA) is 36.9 Å². The Morgan fingerprint density at radius 2 is 0.884 bits per heavy atom. The van der Waals surface area contributed by atoms with Crippen molar-refractivity contribution in [2.45, 2.75) is 24.5 Å². The molecular weight excluding hydrogens is 573 g/mol. The van der Waals surface area contributed by atoms with E-state index < -0.39 is 10.9 Å². The molecule has 0 N–H and O–H groups in total. The third-order valence-corrected chi connectivity index (χ3v) is 11.1. The molecule has 0 saturated carbocycles. The number of ether oxygens (including phenoxy) is 4. The molecule has 0 aromatic heterocycles.